The van der Waals surface area contributed by atoms with Crippen LogP contribution in [0.4, 0.5) is 0 Å². The van der Waals surface area contributed by atoms with Crippen molar-refractivity contribution in [2.24, 2.45) is 11.5 Å². The first-order chi connectivity index (χ1) is 6.61. The number of aliphatic carboxylic acids is 1. The molecule has 0 heterocycles. The fraction of sp³-hybridized carbons (Fsp3) is 0.750. The largest absolute Gasteiger partial charge is 1.00 e. The van der Waals surface area contributed by atoms with Crippen LogP contribution < -0.4 is 73.3 Å². The molecule has 0 saturated heterocycles. The molecule has 0 aliphatic rings. The van der Waals surface area contributed by atoms with E-state index in [9.17, 15) is 14.7 Å². The molecule has 0 bridgehead atoms. The van der Waals surface area contributed by atoms with Crippen molar-refractivity contribution in [1.29, 1.82) is 0 Å². The molecule has 15 heavy (non-hydrogen) atoms. The number of hydrogen-bond acceptors (Lipinski definition) is 5. The van der Waals surface area contributed by atoms with E-state index in [1.165, 1.54) is 0 Å². The molecule has 7 heteroatoms. The van der Waals surface area contributed by atoms with Gasteiger partial charge in [0.2, 0.25) is 5.91 Å². The molecule has 0 fully saturated rings. The first-order valence-corrected chi connectivity index (χ1v) is 4.52. The SMILES string of the molecule is NCCCC[C@H](NC(=O)CN)C(=O)[O-].[K+]. The van der Waals surface area contributed by atoms with Crippen molar-refractivity contribution in [1.82, 2.24) is 5.32 Å². The van der Waals surface area contributed by atoms with E-state index in [4.69, 9.17) is 11.5 Å². The summed E-state index contributed by atoms with van der Waals surface area (Å²) in [6, 6.07) is -0.961. The minimum atomic E-state index is -1.29. The van der Waals surface area contributed by atoms with Crippen LogP contribution >= 0.6 is 0 Å². The predicted molar refractivity (Wildman–Crippen MR) is 48.9 cm³/mol. The van der Waals surface area contributed by atoms with Crippen molar-refractivity contribution >= 4 is 11.9 Å². The van der Waals surface area contributed by atoms with E-state index in [2.05, 4.69) is 5.32 Å². The maximum Gasteiger partial charge on any atom is 1.00 e. The number of rotatable bonds is 7. The van der Waals surface area contributed by atoms with Crippen molar-refractivity contribution in [3.63, 3.8) is 0 Å². The Balaban J connectivity index is 0. The smallest absolute Gasteiger partial charge is 0.548 e. The molecule has 1 atom stereocenters. The summed E-state index contributed by atoms with van der Waals surface area (Å²) in [7, 11) is 0. The Bertz CT molecular complexity index is 202. The van der Waals surface area contributed by atoms with Crippen LogP contribution in [-0.4, -0.2) is 31.0 Å². The van der Waals surface area contributed by atoms with Crippen molar-refractivity contribution in [3.05, 3.63) is 0 Å². The first kappa shape index (κ1) is 17.9. The van der Waals surface area contributed by atoms with Crippen LogP contribution in [0.2, 0.25) is 0 Å². The molecule has 0 aliphatic carbocycles. The third-order valence-electron chi connectivity index (χ3n) is 1.75. The molecule has 0 aliphatic heterocycles. The third-order valence-corrected chi connectivity index (χ3v) is 1.75. The van der Waals surface area contributed by atoms with Gasteiger partial charge >= 0.3 is 51.4 Å². The number of carboxylic acids is 1. The zero-order chi connectivity index (χ0) is 11.0. The van der Waals surface area contributed by atoms with Gasteiger partial charge in [0.25, 0.3) is 0 Å². The fourth-order valence-corrected chi connectivity index (χ4v) is 0.995. The molecule has 6 nitrogen and oxygen atoms in total. The average molecular weight is 241 g/mol. The normalized spacial score (nSPS) is 11.3. The maximum atomic E-state index is 10.8. The second kappa shape index (κ2) is 11.0. The van der Waals surface area contributed by atoms with Crippen LogP contribution in [0.1, 0.15) is 19.3 Å². The van der Waals surface area contributed by atoms with Crippen LogP contribution in [-0.2, 0) is 9.59 Å². The zero-order valence-corrected chi connectivity index (χ0v) is 12.1. The molecule has 0 unspecified atom stereocenters. The number of amides is 1. The summed E-state index contributed by atoms with van der Waals surface area (Å²) >= 11 is 0. The van der Waals surface area contributed by atoms with Gasteiger partial charge < -0.3 is 26.7 Å². The number of hydrogen-bond donors (Lipinski definition) is 3. The van der Waals surface area contributed by atoms with Gasteiger partial charge in [0.15, 0.2) is 0 Å². The summed E-state index contributed by atoms with van der Waals surface area (Å²) in [6.07, 6.45) is 1.69. The molecule has 5 N–H and O–H groups in total. The van der Waals surface area contributed by atoms with Crippen molar-refractivity contribution in [3.8, 4) is 0 Å². The maximum absolute atomic E-state index is 10.8. The number of nitrogens with two attached hydrogens (primary N) is 2. The number of carbonyl (C=O) groups is 2. The number of nitrogens with one attached hydrogen (secondary N) is 1. The van der Waals surface area contributed by atoms with Gasteiger partial charge in [-0.05, 0) is 25.8 Å². The first-order valence-electron chi connectivity index (χ1n) is 4.52. The van der Waals surface area contributed by atoms with Gasteiger partial charge in [-0.3, -0.25) is 4.79 Å². The molecule has 0 saturated carbocycles. The van der Waals surface area contributed by atoms with Crippen LogP contribution in [0.3, 0.4) is 0 Å². The summed E-state index contributed by atoms with van der Waals surface area (Å²) in [4.78, 5) is 21.4. The van der Waals surface area contributed by atoms with E-state index in [1.807, 2.05) is 0 Å². The molecule has 0 rings (SSSR count). The van der Waals surface area contributed by atoms with Crippen LogP contribution in [0.25, 0.3) is 0 Å². The minimum Gasteiger partial charge on any atom is -0.548 e. The Morgan fingerprint density at radius 1 is 1.27 bits per heavy atom. The fourth-order valence-electron chi connectivity index (χ4n) is 0.995. The van der Waals surface area contributed by atoms with Gasteiger partial charge in [-0.1, -0.05) is 0 Å². The van der Waals surface area contributed by atoms with Gasteiger partial charge in [-0.25, -0.2) is 0 Å². The topological polar surface area (TPSA) is 121 Å². The van der Waals surface area contributed by atoms with E-state index in [0.29, 0.717) is 19.4 Å². The second-order valence-corrected chi connectivity index (χ2v) is 2.93. The number of unbranched alkanes of at least 4 members (excludes halogenated alkanes) is 1. The molecule has 0 aromatic rings. The quantitative estimate of drug-likeness (QED) is 0.303. The predicted octanol–water partition coefficient (Wildman–Crippen LogP) is -5.69. The Labute approximate surface area is 132 Å². The standard InChI is InChI=1S/C8H17N3O3.K/c9-4-2-1-3-6(8(13)14)11-7(12)5-10;/h6H,1-5,9-10H2,(H,11,12)(H,13,14);/q;+1/p-1/t6-;/m0./s1. The third kappa shape index (κ3) is 9.43. The van der Waals surface area contributed by atoms with Gasteiger partial charge in [-0.2, -0.15) is 0 Å². The average Bonchev–Trinajstić information content (AvgIpc) is 2.16. The number of carbonyl (C=O) groups excluding carboxylic acids is 2. The van der Waals surface area contributed by atoms with Crippen molar-refractivity contribution < 1.29 is 66.1 Å². The molecule has 0 aromatic carbocycles. The monoisotopic (exact) mass is 241 g/mol. The van der Waals surface area contributed by atoms with Crippen LogP contribution in [0.5, 0.6) is 0 Å². The minimum absolute atomic E-state index is 0. The molecule has 0 spiro atoms. The summed E-state index contributed by atoms with van der Waals surface area (Å²) < 4.78 is 0. The molecule has 0 aromatic heterocycles. The Kier molecular flexibility index (Phi) is 13.1. The van der Waals surface area contributed by atoms with E-state index >= 15 is 0 Å². The molecular formula is C8H16KN3O3. The summed E-state index contributed by atoms with van der Waals surface area (Å²) in [5, 5.41) is 12.8. The molecule has 1 amide bonds. The van der Waals surface area contributed by atoms with E-state index in [1.54, 1.807) is 0 Å². The van der Waals surface area contributed by atoms with Crippen LogP contribution in [0.15, 0.2) is 0 Å². The van der Waals surface area contributed by atoms with Gasteiger partial charge in [0, 0.05) is 0 Å². The Morgan fingerprint density at radius 3 is 2.27 bits per heavy atom. The van der Waals surface area contributed by atoms with Gasteiger partial charge in [0.05, 0.1) is 18.6 Å². The Hall–Kier alpha value is 0.496. The summed E-state index contributed by atoms with van der Waals surface area (Å²) in [5.41, 5.74) is 10.3. The van der Waals surface area contributed by atoms with E-state index in [0.717, 1.165) is 6.42 Å². The van der Waals surface area contributed by atoms with E-state index in [-0.39, 0.29) is 57.9 Å². The second-order valence-electron chi connectivity index (χ2n) is 2.93. The van der Waals surface area contributed by atoms with Gasteiger partial charge in [-0.15, -0.1) is 0 Å². The van der Waals surface area contributed by atoms with E-state index < -0.39 is 17.9 Å². The zero-order valence-electron chi connectivity index (χ0n) is 8.99. The van der Waals surface area contributed by atoms with Crippen molar-refractivity contribution in [2.75, 3.05) is 13.1 Å². The molecular weight excluding hydrogens is 225 g/mol. The molecule has 0 radical (unpaired) electrons. The van der Waals surface area contributed by atoms with Gasteiger partial charge in [0.1, 0.15) is 0 Å². The number of carboxylic acid groups (broad SMARTS) is 1. The molecule has 82 valence electrons. The van der Waals surface area contributed by atoms with Crippen molar-refractivity contribution in [2.45, 2.75) is 25.3 Å². The summed E-state index contributed by atoms with van der Waals surface area (Å²) in [6.45, 7) is 0.283. The van der Waals surface area contributed by atoms with Crippen LogP contribution in [0, 0.1) is 0 Å². The Morgan fingerprint density at radius 2 is 1.87 bits per heavy atom. The summed E-state index contributed by atoms with van der Waals surface area (Å²) in [5.74, 6) is -1.78.